The van der Waals surface area contributed by atoms with Crippen LogP contribution in [-0.2, 0) is 14.6 Å². The smallest absolute Gasteiger partial charge is 0.181 e. The van der Waals surface area contributed by atoms with E-state index in [2.05, 4.69) is 15.6 Å². The molecule has 1 aromatic rings. The van der Waals surface area contributed by atoms with Gasteiger partial charge >= 0.3 is 0 Å². The molecule has 1 aliphatic heterocycles. The Bertz CT molecular complexity index is 611. The van der Waals surface area contributed by atoms with Crippen molar-refractivity contribution in [3.8, 4) is 5.75 Å². The number of hydrazine groups is 1. The van der Waals surface area contributed by atoms with Crippen LogP contribution in [0.1, 0.15) is 30.5 Å². The van der Waals surface area contributed by atoms with E-state index >= 15 is 0 Å². The molecule has 1 aliphatic rings. The van der Waals surface area contributed by atoms with Crippen molar-refractivity contribution in [3.05, 3.63) is 22.8 Å². The normalized spacial score (nSPS) is 27.7. The third kappa shape index (κ3) is 3.04. The topological polar surface area (TPSA) is 85.5 Å². The first-order chi connectivity index (χ1) is 10.2. The number of methoxy groups -OCH3 is 1. The summed E-state index contributed by atoms with van der Waals surface area (Å²) in [7, 11) is -2.01. The van der Waals surface area contributed by atoms with Crippen molar-refractivity contribution in [2.24, 2.45) is 0 Å². The lowest BCUT2D eigenvalue weighted by Gasteiger charge is -2.26. The average Bonchev–Trinajstić information content (AvgIpc) is 2.74. The number of hydrogen-bond acceptors (Lipinski definition) is 5. The van der Waals surface area contributed by atoms with E-state index in [0.29, 0.717) is 16.2 Å². The first kappa shape index (κ1) is 17.4. The van der Waals surface area contributed by atoms with Gasteiger partial charge in [0.25, 0.3) is 0 Å². The summed E-state index contributed by atoms with van der Waals surface area (Å²) in [4.78, 5) is 0.345. The van der Waals surface area contributed by atoms with E-state index in [1.54, 1.807) is 20.1 Å². The van der Waals surface area contributed by atoms with Gasteiger partial charge in [0.1, 0.15) is 5.75 Å². The third-order valence-corrected chi connectivity index (χ3v) is 6.12. The molecule has 0 aliphatic carbocycles. The second kappa shape index (κ2) is 6.25. The summed E-state index contributed by atoms with van der Waals surface area (Å²) in [5, 5.41) is 0. The number of hydrogen-bond donors (Lipinski definition) is 3. The van der Waals surface area contributed by atoms with Crippen LogP contribution in [0.3, 0.4) is 0 Å². The minimum Gasteiger partial charge on any atom is -0.593 e. The molecule has 0 saturated carbocycles. The Morgan fingerprint density at radius 3 is 2.23 bits per heavy atom. The van der Waals surface area contributed by atoms with Crippen LogP contribution in [0.15, 0.2) is 11.0 Å². The number of aryl methyl sites for hydroxylation is 1. The number of nitrogens with one attached hydrogen (secondary N) is 3. The molecule has 3 atom stereocenters. The summed E-state index contributed by atoms with van der Waals surface area (Å²) < 4.78 is 33.9. The predicted molar refractivity (Wildman–Crippen MR) is 86.4 cm³/mol. The SMILES string of the molecule is COc1cc(C)c([S+](=O)([O-])NC2C(C)NNC2C)c(C)c1C. The van der Waals surface area contributed by atoms with Crippen LogP contribution >= 0.6 is 0 Å². The van der Waals surface area contributed by atoms with Gasteiger partial charge in [0.05, 0.1) is 13.2 Å². The van der Waals surface area contributed by atoms with Gasteiger partial charge in [0, 0.05) is 23.2 Å². The molecule has 3 N–H and O–H groups in total. The van der Waals surface area contributed by atoms with E-state index in [4.69, 9.17) is 4.74 Å². The van der Waals surface area contributed by atoms with Crippen molar-refractivity contribution in [2.75, 3.05) is 7.11 Å². The van der Waals surface area contributed by atoms with Crippen LogP contribution in [0, 0.1) is 20.8 Å². The molecular formula is C15H25N3O3S. The summed E-state index contributed by atoms with van der Waals surface area (Å²) in [5.74, 6) is 0.708. The van der Waals surface area contributed by atoms with Crippen LogP contribution in [0.2, 0.25) is 0 Å². The fourth-order valence-electron chi connectivity index (χ4n) is 2.96. The van der Waals surface area contributed by atoms with E-state index in [1.807, 2.05) is 27.7 Å². The largest absolute Gasteiger partial charge is 0.593 e. The standard InChI is InChI=1S/C15H25N3O3S/c1-8-7-13(21-6)9(2)10(3)15(8)22(19,20)18-14-11(4)16-17-12(14)5/h7,11-12,14,16-17H,1-6H3,(H-,18,19,20). The van der Waals surface area contributed by atoms with Crippen LogP contribution in [-0.4, -0.2) is 29.8 Å². The molecule has 1 heterocycles. The van der Waals surface area contributed by atoms with Gasteiger partial charge in [-0.05, 0) is 46.2 Å². The lowest BCUT2D eigenvalue weighted by Crippen LogP contribution is -2.49. The molecule has 0 spiro atoms. The zero-order chi connectivity index (χ0) is 16.7. The molecule has 1 fully saturated rings. The van der Waals surface area contributed by atoms with Crippen molar-refractivity contribution in [2.45, 2.75) is 57.6 Å². The van der Waals surface area contributed by atoms with E-state index < -0.39 is 10.4 Å². The molecule has 0 bridgehead atoms. The summed E-state index contributed by atoms with van der Waals surface area (Å²) in [6, 6.07) is 1.61. The van der Waals surface area contributed by atoms with Crippen LogP contribution < -0.4 is 20.3 Å². The van der Waals surface area contributed by atoms with Gasteiger partial charge in [-0.25, -0.2) is 0 Å². The highest BCUT2D eigenvalue weighted by atomic mass is 32.3. The third-order valence-electron chi connectivity index (χ3n) is 4.37. The first-order valence-corrected chi connectivity index (χ1v) is 8.85. The fourth-order valence-corrected chi connectivity index (χ4v) is 4.89. The maximum absolute atomic E-state index is 12.9. The molecule has 1 saturated heterocycles. The highest BCUT2D eigenvalue weighted by Crippen LogP contribution is 2.32. The van der Waals surface area contributed by atoms with Gasteiger partial charge in [-0.1, -0.05) is 4.21 Å². The molecule has 3 unspecified atom stereocenters. The Morgan fingerprint density at radius 1 is 1.18 bits per heavy atom. The van der Waals surface area contributed by atoms with Crippen molar-refractivity contribution >= 4 is 10.4 Å². The Balaban J connectivity index is 2.41. The molecule has 22 heavy (non-hydrogen) atoms. The highest BCUT2D eigenvalue weighted by Gasteiger charge is 2.38. The lowest BCUT2D eigenvalue weighted by molar-refractivity contribution is 0.409. The Kier molecular flexibility index (Phi) is 4.93. The fraction of sp³-hybridized carbons (Fsp3) is 0.600. The highest BCUT2D eigenvalue weighted by molar-refractivity contribution is 7.96. The summed E-state index contributed by atoms with van der Waals surface area (Å²) in [6.07, 6.45) is 0. The van der Waals surface area contributed by atoms with Gasteiger partial charge in [-0.3, -0.25) is 10.9 Å². The molecule has 1 aromatic carbocycles. The Hall–Kier alpha value is -0.990. The second-order valence-electron chi connectivity index (χ2n) is 5.99. The van der Waals surface area contributed by atoms with Gasteiger partial charge in [0.2, 0.25) is 0 Å². The molecule has 2 rings (SSSR count). The Morgan fingerprint density at radius 2 is 1.73 bits per heavy atom. The average molecular weight is 327 g/mol. The lowest BCUT2D eigenvalue weighted by atomic mass is 10.1. The van der Waals surface area contributed by atoms with E-state index in [-0.39, 0.29) is 18.1 Å². The minimum absolute atomic E-state index is 0.0183. The summed E-state index contributed by atoms with van der Waals surface area (Å²) >= 11 is 0. The maximum Gasteiger partial charge on any atom is 0.181 e. The molecule has 7 heteroatoms. The minimum atomic E-state index is -3.60. The monoisotopic (exact) mass is 327 g/mol. The van der Waals surface area contributed by atoms with E-state index in [1.165, 1.54) is 0 Å². The first-order valence-electron chi connectivity index (χ1n) is 7.37. The van der Waals surface area contributed by atoms with Crippen molar-refractivity contribution in [3.63, 3.8) is 0 Å². The molecule has 124 valence electrons. The number of benzene rings is 1. The molecule has 0 radical (unpaired) electrons. The van der Waals surface area contributed by atoms with Crippen LogP contribution in [0.5, 0.6) is 5.75 Å². The Labute approximate surface area is 133 Å². The quantitative estimate of drug-likeness (QED) is 0.727. The van der Waals surface area contributed by atoms with Gasteiger partial charge in [-0.15, -0.1) is 4.72 Å². The number of sulfonamides is 1. The molecule has 6 nitrogen and oxygen atoms in total. The van der Waals surface area contributed by atoms with Crippen LogP contribution in [0.4, 0.5) is 0 Å². The van der Waals surface area contributed by atoms with Gasteiger partial charge in [-0.2, -0.15) is 0 Å². The second-order valence-corrected chi connectivity index (χ2v) is 7.64. The van der Waals surface area contributed by atoms with Gasteiger partial charge in [0.15, 0.2) is 15.3 Å². The van der Waals surface area contributed by atoms with E-state index in [9.17, 15) is 8.76 Å². The maximum atomic E-state index is 12.9. The van der Waals surface area contributed by atoms with Crippen molar-refractivity contribution in [1.29, 1.82) is 0 Å². The molecule has 0 amide bonds. The van der Waals surface area contributed by atoms with Crippen molar-refractivity contribution in [1.82, 2.24) is 15.6 Å². The molecular weight excluding hydrogens is 302 g/mol. The molecule has 0 aromatic heterocycles. The van der Waals surface area contributed by atoms with Crippen molar-refractivity contribution < 1.29 is 13.5 Å². The zero-order valence-electron chi connectivity index (χ0n) is 13.9. The number of rotatable bonds is 4. The summed E-state index contributed by atoms with van der Waals surface area (Å²) in [6.45, 7) is 9.38. The predicted octanol–water partition coefficient (Wildman–Crippen LogP) is 1.37. The summed E-state index contributed by atoms with van der Waals surface area (Å²) in [5.41, 5.74) is 8.37. The van der Waals surface area contributed by atoms with Gasteiger partial charge < -0.3 is 9.29 Å². The number of ether oxygens (including phenoxy) is 1. The van der Waals surface area contributed by atoms with E-state index in [0.717, 1.165) is 11.1 Å². The zero-order valence-corrected chi connectivity index (χ0v) is 14.8. The van der Waals surface area contributed by atoms with Crippen LogP contribution in [0.25, 0.3) is 0 Å².